The van der Waals surface area contributed by atoms with E-state index in [0.29, 0.717) is 26.1 Å². The van der Waals surface area contributed by atoms with Gasteiger partial charge in [0.05, 0.1) is 25.8 Å². The lowest BCUT2D eigenvalue weighted by Crippen LogP contribution is -2.23. The number of benzene rings is 3. The molecule has 164 valence electrons. The third-order valence-corrected chi connectivity index (χ3v) is 5.78. The summed E-state index contributed by atoms with van der Waals surface area (Å²) in [6.07, 6.45) is 0. The SMILES string of the molecule is O=C(COc1c(Br)cc(Br)cc1Br)Nc1ccccc1C(=O)Nc1ccc(C(=O)O)cc1. The van der Waals surface area contributed by atoms with E-state index in [-0.39, 0.29) is 17.7 Å². The molecule has 3 rings (SSSR count). The quantitative estimate of drug-likeness (QED) is 0.301. The van der Waals surface area contributed by atoms with Gasteiger partial charge in [0.1, 0.15) is 5.75 Å². The van der Waals surface area contributed by atoms with E-state index < -0.39 is 17.8 Å². The first-order valence-electron chi connectivity index (χ1n) is 9.05. The van der Waals surface area contributed by atoms with Crippen LogP contribution in [0.1, 0.15) is 20.7 Å². The average molecular weight is 627 g/mol. The summed E-state index contributed by atoms with van der Waals surface area (Å²) in [5.41, 5.74) is 1.10. The first kappa shape index (κ1) is 24.0. The Morgan fingerprint density at radius 1 is 0.875 bits per heavy atom. The summed E-state index contributed by atoms with van der Waals surface area (Å²) in [6, 6.07) is 15.9. The molecule has 0 fully saturated rings. The van der Waals surface area contributed by atoms with E-state index in [1.165, 1.54) is 24.3 Å². The molecule has 7 nitrogen and oxygen atoms in total. The number of nitrogens with one attached hydrogen (secondary N) is 2. The van der Waals surface area contributed by atoms with Crippen molar-refractivity contribution in [2.45, 2.75) is 0 Å². The molecular formula is C22H15Br3N2O5. The maximum absolute atomic E-state index is 12.7. The highest BCUT2D eigenvalue weighted by atomic mass is 79.9. The zero-order chi connectivity index (χ0) is 23.3. The Morgan fingerprint density at radius 2 is 1.50 bits per heavy atom. The van der Waals surface area contributed by atoms with Gasteiger partial charge in [0, 0.05) is 10.2 Å². The summed E-state index contributed by atoms with van der Waals surface area (Å²) >= 11 is 10.1. The fraction of sp³-hybridized carbons (Fsp3) is 0.0455. The summed E-state index contributed by atoms with van der Waals surface area (Å²) in [5.74, 6) is -1.49. The summed E-state index contributed by atoms with van der Waals surface area (Å²) in [6.45, 7) is -0.272. The average Bonchev–Trinajstić information content (AvgIpc) is 2.73. The van der Waals surface area contributed by atoms with E-state index in [4.69, 9.17) is 9.84 Å². The molecule has 0 aliphatic carbocycles. The number of hydrogen-bond donors (Lipinski definition) is 3. The van der Waals surface area contributed by atoms with Crippen LogP contribution in [0.2, 0.25) is 0 Å². The number of aromatic carboxylic acids is 1. The van der Waals surface area contributed by atoms with Gasteiger partial charge in [-0.25, -0.2) is 4.79 Å². The van der Waals surface area contributed by atoms with Crippen molar-refractivity contribution in [3.63, 3.8) is 0 Å². The molecule has 3 aromatic rings. The van der Waals surface area contributed by atoms with Crippen LogP contribution in [0.5, 0.6) is 5.75 Å². The van der Waals surface area contributed by atoms with Crippen molar-refractivity contribution < 1.29 is 24.2 Å². The smallest absolute Gasteiger partial charge is 0.335 e. The van der Waals surface area contributed by atoms with Gasteiger partial charge in [0.25, 0.3) is 11.8 Å². The molecule has 0 saturated heterocycles. The normalized spacial score (nSPS) is 10.3. The second kappa shape index (κ2) is 10.8. The fourth-order valence-electron chi connectivity index (χ4n) is 2.68. The van der Waals surface area contributed by atoms with Gasteiger partial charge in [-0.3, -0.25) is 9.59 Å². The first-order chi connectivity index (χ1) is 15.2. The molecule has 0 spiro atoms. The Balaban J connectivity index is 1.67. The number of halogens is 3. The molecule has 0 atom stereocenters. The van der Waals surface area contributed by atoms with Crippen molar-refractivity contribution in [2.75, 3.05) is 17.2 Å². The van der Waals surface area contributed by atoms with E-state index in [2.05, 4.69) is 58.4 Å². The van der Waals surface area contributed by atoms with Gasteiger partial charge in [0.2, 0.25) is 0 Å². The van der Waals surface area contributed by atoms with E-state index in [9.17, 15) is 14.4 Å². The van der Waals surface area contributed by atoms with Crippen LogP contribution in [0, 0.1) is 0 Å². The number of carbonyl (C=O) groups is 3. The number of para-hydroxylation sites is 1. The van der Waals surface area contributed by atoms with Gasteiger partial charge in [-0.15, -0.1) is 0 Å². The Bertz CT molecular complexity index is 1160. The van der Waals surface area contributed by atoms with Gasteiger partial charge in [0.15, 0.2) is 6.61 Å². The molecule has 2 amide bonds. The number of amides is 2. The molecule has 0 aromatic heterocycles. The monoisotopic (exact) mass is 624 g/mol. The minimum Gasteiger partial charge on any atom is -0.481 e. The molecule has 3 N–H and O–H groups in total. The molecular weight excluding hydrogens is 612 g/mol. The molecule has 10 heteroatoms. The zero-order valence-corrected chi connectivity index (χ0v) is 21.0. The molecule has 32 heavy (non-hydrogen) atoms. The molecule has 0 aliphatic heterocycles. The summed E-state index contributed by atoms with van der Waals surface area (Å²) in [7, 11) is 0. The first-order valence-corrected chi connectivity index (χ1v) is 11.4. The predicted molar refractivity (Wildman–Crippen MR) is 131 cm³/mol. The van der Waals surface area contributed by atoms with Crippen LogP contribution < -0.4 is 15.4 Å². The minimum absolute atomic E-state index is 0.111. The second-order valence-corrected chi connectivity index (χ2v) is 9.04. The summed E-state index contributed by atoms with van der Waals surface area (Å²) in [5, 5.41) is 14.3. The van der Waals surface area contributed by atoms with E-state index in [0.717, 1.165) is 4.47 Å². The highest BCUT2D eigenvalue weighted by molar-refractivity contribution is 9.11. The van der Waals surface area contributed by atoms with Gasteiger partial charge >= 0.3 is 5.97 Å². The van der Waals surface area contributed by atoms with Crippen molar-refractivity contribution in [1.29, 1.82) is 0 Å². The highest BCUT2D eigenvalue weighted by Crippen LogP contribution is 2.36. The van der Waals surface area contributed by atoms with Crippen molar-refractivity contribution in [3.8, 4) is 5.75 Å². The van der Waals surface area contributed by atoms with Crippen LogP contribution in [-0.4, -0.2) is 29.5 Å². The second-order valence-electron chi connectivity index (χ2n) is 6.42. The van der Waals surface area contributed by atoms with Crippen LogP contribution in [0.15, 0.2) is 74.1 Å². The molecule has 0 bridgehead atoms. The van der Waals surface area contributed by atoms with Crippen LogP contribution >= 0.6 is 47.8 Å². The highest BCUT2D eigenvalue weighted by Gasteiger charge is 2.15. The largest absolute Gasteiger partial charge is 0.481 e. The maximum Gasteiger partial charge on any atom is 0.335 e. The Labute approximate surface area is 208 Å². The number of hydrogen-bond acceptors (Lipinski definition) is 4. The third-order valence-electron chi connectivity index (χ3n) is 4.15. The van der Waals surface area contributed by atoms with Crippen molar-refractivity contribution in [3.05, 3.63) is 85.2 Å². The molecule has 0 heterocycles. The lowest BCUT2D eigenvalue weighted by molar-refractivity contribution is -0.118. The number of carboxylic acid groups (broad SMARTS) is 1. The fourth-order valence-corrected chi connectivity index (χ4v) is 5.16. The van der Waals surface area contributed by atoms with Crippen molar-refractivity contribution >= 4 is 76.9 Å². The topological polar surface area (TPSA) is 105 Å². The molecule has 3 aromatic carbocycles. The number of anilines is 2. The number of carbonyl (C=O) groups excluding carboxylic acids is 2. The van der Waals surface area contributed by atoms with Crippen LogP contribution in [-0.2, 0) is 4.79 Å². The molecule has 0 radical (unpaired) electrons. The van der Waals surface area contributed by atoms with E-state index >= 15 is 0 Å². The van der Waals surface area contributed by atoms with Gasteiger partial charge < -0.3 is 20.5 Å². The minimum atomic E-state index is -1.06. The van der Waals surface area contributed by atoms with Crippen LogP contribution in [0.25, 0.3) is 0 Å². The van der Waals surface area contributed by atoms with Crippen molar-refractivity contribution in [1.82, 2.24) is 0 Å². The zero-order valence-electron chi connectivity index (χ0n) is 16.2. The van der Waals surface area contributed by atoms with Gasteiger partial charge in [-0.1, -0.05) is 28.1 Å². The van der Waals surface area contributed by atoms with Gasteiger partial charge in [-0.2, -0.15) is 0 Å². The van der Waals surface area contributed by atoms with E-state index in [1.54, 1.807) is 36.4 Å². The van der Waals surface area contributed by atoms with Crippen molar-refractivity contribution in [2.24, 2.45) is 0 Å². The molecule has 0 saturated carbocycles. The van der Waals surface area contributed by atoms with Crippen LogP contribution in [0.3, 0.4) is 0 Å². The Kier molecular flexibility index (Phi) is 8.05. The Morgan fingerprint density at radius 3 is 2.12 bits per heavy atom. The predicted octanol–water partition coefficient (Wildman–Crippen LogP) is 5.94. The number of carboxylic acids is 1. The van der Waals surface area contributed by atoms with E-state index in [1.807, 2.05) is 0 Å². The molecule has 0 aliphatic rings. The maximum atomic E-state index is 12.7. The number of ether oxygens (including phenoxy) is 1. The molecule has 0 unspecified atom stereocenters. The lowest BCUT2D eigenvalue weighted by Gasteiger charge is -2.13. The standard InChI is InChI=1S/C22H15Br3N2O5/c23-13-9-16(24)20(17(25)10-13)32-11-19(28)27-18-4-2-1-3-15(18)21(29)26-14-7-5-12(6-8-14)22(30)31/h1-10H,11H2,(H,26,29)(H,27,28)(H,30,31). The number of rotatable bonds is 7. The third kappa shape index (κ3) is 6.18. The van der Waals surface area contributed by atoms with Gasteiger partial charge in [-0.05, 0) is 80.4 Å². The summed E-state index contributed by atoms with van der Waals surface area (Å²) in [4.78, 5) is 36.1. The lowest BCUT2D eigenvalue weighted by atomic mass is 10.1. The summed E-state index contributed by atoms with van der Waals surface area (Å²) < 4.78 is 7.78. The Hall–Kier alpha value is -2.69. The van der Waals surface area contributed by atoms with Crippen LogP contribution in [0.4, 0.5) is 11.4 Å².